The van der Waals surface area contributed by atoms with E-state index in [-0.39, 0.29) is 17.4 Å². The van der Waals surface area contributed by atoms with Crippen molar-refractivity contribution in [3.63, 3.8) is 0 Å². The molecule has 1 fully saturated rings. The Morgan fingerprint density at radius 2 is 1.94 bits per heavy atom. The number of carbonyl (C=O) groups excluding carboxylic acids is 1. The molecule has 3 aromatic rings. The monoisotopic (exact) mass is 475 g/mol. The fraction of sp³-hybridized carbons (Fsp3) is 0.464. The minimum Gasteiger partial charge on any atom is -0.462 e. The van der Waals surface area contributed by atoms with Gasteiger partial charge in [0.1, 0.15) is 5.56 Å². The third-order valence-corrected chi connectivity index (χ3v) is 6.77. The van der Waals surface area contributed by atoms with Crippen LogP contribution in [0.1, 0.15) is 68.7 Å². The van der Waals surface area contributed by atoms with Crippen molar-refractivity contribution in [1.82, 2.24) is 14.8 Å². The Hall–Kier alpha value is -3.35. The molecule has 2 aromatic heterocycles. The molecule has 0 atom stereocenters. The van der Waals surface area contributed by atoms with Crippen molar-refractivity contribution in [2.24, 2.45) is 5.41 Å². The van der Waals surface area contributed by atoms with E-state index in [1.165, 1.54) is 5.56 Å². The molecule has 1 aromatic carbocycles. The molecule has 4 rings (SSSR count). The maximum Gasteiger partial charge on any atom is 0.341 e. The molecule has 0 bridgehead atoms. The van der Waals surface area contributed by atoms with Gasteiger partial charge in [-0.3, -0.25) is 4.68 Å². The molecule has 3 heterocycles. The van der Waals surface area contributed by atoms with E-state index in [0.29, 0.717) is 18.6 Å². The van der Waals surface area contributed by atoms with Crippen LogP contribution in [-0.2, 0) is 17.6 Å². The molecule has 1 aliphatic rings. The zero-order valence-corrected chi connectivity index (χ0v) is 21.5. The van der Waals surface area contributed by atoms with Crippen LogP contribution >= 0.6 is 0 Å². The number of nitrogen functional groups attached to an aromatic ring is 1. The Bertz CT molecular complexity index is 1200. The molecular formula is C28H37N5O2. The highest BCUT2D eigenvalue weighted by Crippen LogP contribution is 2.38. The summed E-state index contributed by atoms with van der Waals surface area (Å²) in [5.74, 6) is 0.546. The van der Waals surface area contributed by atoms with E-state index in [2.05, 4.69) is 54.8 Å². The van der Waals surface area contributed by atoms with E-state index >= 15 is 0 Å². The fourth-order valence-corrected chi connectivity index (χ4v) is 4.96. The van der Waals surface area contributed by atoms with Gasteiger partial charge in [-0.1, -0.05) is 38.1 Å². The van der Waals surface area contributed by atoms with Crippen molar-refractivity contribution >= 4 is 17.5 Å². The van der Waals surface area contributed by atoms with Crippen molar-refractivity contribution in [3.8, 4) is 11.1 Å². The van der Waals surface area contributed by atoms with Crippen molar-refractivity contribution in [2.75, 3.05) is 30.3 Å². The zero-order chi connectivity index (χ0) is 25.2. The first-order valence-corrected chi connectivity index (χ1v) is 12.5. The molecule has 1 aliphatic heterocycles. The highest BCUT2D eigenvalue weighted by Gasteiger charge is 2.31. The van der Waals surface area contributed by atoms with Crippen LogP contribution in [0, 0.1) is 5.41 Å². The Labute approximate surface area is 208 Å². The van der Waals surface area contributed by atoms with Crippen LogP contribution in [0.4, 0.5) is 11.5 Å². The van der Waals surface area contributed by atoms with Crippen molar-refractivity contribution < 1.29 is 9.53 Å². The third kappa shape index (κ3) is 5.19. The Morgan fingerprint density at radius 3 is 2.63 bits per heavy atom. The number of rotatable bonds is 8. The quantitative estimate of drug-likeness (QED) is 0.445. The van der Waals surface area contributed by atoms with Crippen LogP contribution < -0.4 is 10.6 Å². The minimum absolute atomic E-state index is 0.145. The number of anilines is 2. The Balaban J connectivity index is 1.65. The fourth-order valence-electron chi connectivity index (χ4n) is 4.96. The summed E-state index contributed by atoms with van der Waals surface area (Å²) in [6, 6.07) is 10.5. The van der Waals surface area contributed by atoms with Gasteiger partial charge in [-0.15, -0.1) is 0 Å². The number of nitrogens with two attached hydrogens (primary N) is 1. The normalized spacial score (nSPS) is 15.1. The lowest BCUT2D eigenvalue weighted by atomic mass is 9.93. The highest BCUT2D eigenvalue weighted by atomic mass is 16.5. The van der Waals surface area contributed by atoms with Gasteiger partial charge in [0.2, 0.25) is 0 Å². The van der Waals surface area contributed by atoms with Gasteiger partial charge in [0.15, 0.2) is 5.82 Å². The van der Waals surface area contributed by atoms with Crippen LogP contribution in [0.2, 0.25) is 0 Å². The standard InChI is InChI=1S/C28H37N5O2/c1-6-35-27(34)23-17-31-33(19(2)3)24(23)12-11-20-9-7-8-10-21(20)22-13-15-30-26(25(22)29)32-16-14-28(4,5)18-32/h7-10,13,15,17,19H,6,11-12,14,16,18,29H2,1-5H3. The van der Waals surface area contributed by atoms with Gasteiger partial charge in [0.25, 0.3) is 0 Å². The summed E-state index contributed by atoms with van der Waals surface area (Å²) in [4.78, 5) is 19.5. The van der Waals surface area contributed by atoms with Crippen LogP contribution in [0.15, 0.2) is 42.7 Å². The summed E-state index contributed by atoms with van der Waals surface area (Å²) >= 11 is 0. The molecular weight excluding hydrogens is 438 g/mol. The molecule has 7 heteroatoms. The molecule has 7 nitrogen and oxygen atoms in total. The molecule has 0 amide bonds. The van der Waals surface area contributed by atoms with Gasteiger partial charge in [-0.2, -0.15) is 5.10 Å². The van der Waals surface area contributed by atoms with Gasteiger partial charge in [0, 0.05) is 30.9 Å². The minimum atomic E-state index is -0.320. The molecule has 1 saturated heterocycles. The lowest BCUT2D eigenvalue weighted by Crippen LogP contribution is -2.24. The second kappa shape index (κ2) is 10.1. The first-order chi connectivity index (χ1) is 16.7. The van der Waals surface area contributed by atoms with Crippen molar-refractivity contribution in [3.05, 3.63) is 59.5 Å². The third-order valence-electron chi connectivity index (χ3n) is 6.77. The smallest absolute Gasteiger partial charge is 0.341 e. The average molecular weight is 476 g/mol. The molecule has 0 unspecified atom stereocenters. The zero-order valence-electron chi connectivity index (χ0n) is 21.5. The predicted molar refractivity (Wildman–Crippen MR) is 141 cm³/mol. The number of nitrogens with zero attached hydrogens (tertiary/aromatic N) is 4. The molecule has 0 aliphatic carbocycles. The first-order valence-electron chi connectivity index (χ1n) is 12.5. The number of hydrogen-bond donors (Lipinski definition) is 1. The molecule has 0 spiro atoms. The number of carbonyl (C=O) groups is 1. The average Bonchev–Trinajstić information content (AvgIpc) is 3.41. The number of aryl methyl sites for hydroxylation is 1. The number of pyridine rings is 1. The Kier molecular flexibility index (Phi) is 7.15. The Morgan fingerprint density at radius 1 is 1.17 bits per heavy atom. The summed E-state index contributed by atoms with van der Waals surface area (Å²) in [7, 11) is 0. The summed E-state index contributed by atoms with van der Waals surface area (Å²) in [5.41, 5.74) is 12.4. The van der Waals surface area contributed by atoms with Crippen LogP contribution in [0.5, 0.6) is 0 Å². The summed E-state index contributed by atoms with van der Waals surface area (Å²) in [6.45, 7) is 12.8. The number of esters is 1. The second-order valence-electron chi connectivity index (χ2n) is 10.4. The predicted octanol–water partition coefficient (Wildman–Crippen LogP) is 5.31. The van der Waals surface area contributed by atoms with E-state index in [4.69, 9.17) is 10.5 Å². The highest BCUT2D eigenvalue weighted by molar-refractivity contribution is 5.90. The maximum atomic E-state index is 12.6. The molecule has 0 saturated carbocycles. The summed E-state index contributed by atoms with van der Waals surface area (Å²) in [5, 5.41) is 4.48. The number of benzene rings is 1. The van der Waals surface area contributed by atoms with Crippen molar-refractivity contribution in [1.29, 1.82) is 0 Å². The lowest BCUT2D eigenvalue weighted by molar-refractivity contribution is 0.0525. The molecule has 2 N–H and O–H groups in total. The van der Waals surface area contributed by atoms with Crippen LogP contribution in [0.3, 0.4) is 0 Å². The van der Waals surface area contributed by atoms with Crippen LogP contribution in [0.25, 0.3) is 11.1 Å². The van der Waals surface area contributed by atoms with Gasteiger partial charge >= 0.3 is 5.97 Å². The van der Waals surface area contributed by atoms with Gasteiger partial charge in [0.05, 0.1) is 24.2 Å². The molecule has 186 valence electrons. The summed E-state index contributed by atoms with van der Waals surface area (Å²) in [6.07, 6.45) is 6.03. The number of ether oxygens (including phenoxy) is 1. The lowest BCUT2D eigenvalue weighted by Gasteiger charge is -2.23. The van der Waals surface area contributed by atoms with E-state index in [1.54, 1.807) is 6.20 Å². The first kappa shape index (κ1) is 24.8. The SMILES string of the molecule is CCOC(=O)c1cnn(C(C)C)c1CCc1ccccc1-c1ccnc(N2CCC(C)(C)C2)c1N. The van der Waals surface area contributed by atoms with E-state index in [1.807, 2.05) is 36.0 Å². The van der Waals surface area contributed by atoms with Gasteiger partial charge < -0.3 is 15.4 Å². The van der Waals surface area contributed by atoms with E-state index in [0.717, 1.165) is 54.3 Å². The maximum absolute atomic E-state index is 12.6. The number of aromatic nitrogens is 3. The van der Waals surface area contributed by atoms with Crippen molar-refractivity contribution in [2.45, 2.75) is 59.9 Å². The molecule has 0 radical (unpaired) electrons. The van der Waals surface area contributed by atoms with Gasteiger partial charge in [-0.25, -0.2) is 9.78 Å². The van der Waals surface area contributed by atoms with E-state index in [9.17, 15) is 4.79 Å². The second-order valence-corrected chi connectivity index (χ2v) is 10.4. The summed E-state index contributed by atoms with van der Waals surface area (Å²) < 4.78 is 7.20. The van der Waals surface area contributed by atoms with Gasteiger partial charge in [-0.05, 0) is 62.6 Å². The van der Waals surface area contributed by atoms with Crippen LogP contribution in [-0.4, -0.2) is 40.4 Å². The largest absolute Gasteiger partial charge is 0.462 e. The number of hydrogen-bond acceptors (Lipinski definition) is 6. The topological polar surface area (TPSA) is 86.3 Å². The molecule has 35 heavy (non-hydrogen) atoms. The van der Waals surface area contributed by atoms with E-state index < -0.39 is 0 Å².